The zero-order valence-electron chi connectivity index (χ0n) is 4.06. The molecule has 0 saturated heterocycles. The molecule has 0 fully saturated rings. The van der Waals surface area contributed by atoms with Crippen LogP contribution in [0.4, 0.5) is 0 Å². The molecule has 0 saturated carbocycles. The lowest BCUT2D eigenvalue weighted by Crippen LogP contribution is -2.16. The Balaban J connectivity index is 2.54. The van der Waals surface area contributed by atoms with Gasteiger partial charge in [-0.2, -0.15) is 0 Å². The number of nitrogens with zero attached hydrogens (tertiary/aromatic N) is 2. The van der Waals surface area contributed by atoms with E-state index in [2.05, 4.69) is 20.9 Å². The number of aliphatic imine (C=N–C) groups is 1. The summed E-state index contributed by atoms with van der Waals surface area (Å²) in [6.45, 7) is 2.80. The minimum atomic E-state index is 0.924. The van der Waals surface area contributed by atoms with Crippen LogP contribution < -0.4 is 0 Å². The zero-order chi connectivity index (χ0) is 5.28. The summed E-state index contributed by atoms with van der Waals surface area (Å²) in [5.74, 6) is 0. The van der Waals surface area contributed by atoms with Crippen LogP contribution in [0.1, 0.15) is 0 Å². The maximum atomic E-state index is 3.95. The van der Waals surface area contributed by atoms with Crippen LogP contribution >= 0.6 is 15.9 Å². The Morgan fingerprint density at radius 1 is 2.00 bits per heavy atom. The van der Waals surface area contributed by atoms with Crippen molar-refractivity contribution >= 4 is 20.7 Å². The van der Waals surface area contributed by atoms with E-state index in [1.165, 1.54) is 0 Å². The summed E-state index contributed by atoms with van der Waals surface area (Å²) >= 11 is 3.25. The highest BCUT2D eigenvalue weighted by atomic mass is 79.9. The van der Waals surface area contributed by atoms with Gasteiger partial charge in [-0.05, 0) is 15.9 Å². The van der Waals surface area contributed by atoms with Crippen molar-refractivity contribution in [3.63, 3.8) is 0 Å². The third kappa shape index (κ3) is 0.938. The molecule has 0 aliphatic carbocycles. The predicted octanol–water partition coefficient (Wildman–Crippen LogP) is 0.844. The van der Waals surface area contributed by atoms with Gasteiger partial charge in [-0.1, -0.05) is 0 Å². The van der Waals surface area contributed by atoms with Crippen LogP contribution in [0.2, 0.25) is 0 Å². The summed E-state index contributed by atoms with van der Waals surface area (Å²) in [6.07, 6.45) is 0. The molecule has 1 aliphatic heterocycles. The number of amidine groups is 1. The Labute approximate surface area is 51.4 Å². The van der Waals surface area contributed by atoms with Gasteiger partial charge in [0.25, 0.3) is 0 Å². The van der Waals surface area contributed by atoms with Gasteiger partial charge in [-0.25, -0.2) is 0 Å². The minimum absolute atomic E-state index is 0.924. The van der Waals surface area contributed by atoms with Gasteiger partial charge in [0, 0.05) is 13.6 Å². The van der Waals surface area contributed by atoms with Gasteiger partial charge >= 0.3 is 0 Å². The summed E-state index contributed by atoms with van der Waals surface area (Å²) in [5, 5.41) is 0. The molecular formula is C4H6BrN2. The maximum absolute atomic E-state index is 3.95. The third-order valence-corrected chi connectivity index (χ3v) is 1.68. The molecular weight excluding hydrogens is 156 g/mol. The highest BCUT2D eigenvalue weighted by Gasteiger charge is 2.06. The lowest BCUT2D eigenvalue weighted by Gasteiger charge is -2.05. The van der Waals surface area contributed by atoms with E-state index in [0.29, 0.717) is 0 Å². The fourth-order valence-electron chi connectivity index (χ4n) is 0.413. The second kappa shape index (κ2) is 1.82. The maximum Gasteiger partial charge on any atom is 0.168 e. The van der Waals surface area contributed by atoms with Gasteiger partial charge in [-0.3, -0.25) is 4.99 Å². The highest BCUT2D eigenvalue weighted by Crippen LogP contribution is 2.05. The second-order valence-corrected chi connectivity index (χ2v) is 2.17. The van der Waals surface area contributed by atoms with Gasteiger partial charge in [0.05, 0.1) is 6.54 Å². The van der Waals surface area contributed by atoms with Crippen molar-refractivity contribution in [2.75, 3.05) is 13.6 Å². The van der Waals surface area contributed by atoms with Crippen LogP contribution in [0.25, 0.3) is 0 Å². The van der Waals surface area contributed by atoms with Crippen molar-refractivity contribution in [3.8, 4) is 0 Å². The van der Waals surface area contributed by atoms with E-state index in [0.717, 1.165) is 11.3 Å². The summed E-state index contributed by atoms with van der Waals surface area (Å²) < 4.78 is 0.924. The van der Waals surface area contributed by atoms with Crippen molar-refractivity contribution < 1.29 is 0 Å². The van der Waals surface area contributed by atoms with Crippen molar-refractivity contribution in [1.29, 1.82) is 0 Å². The first-order chi connectivity index (χ1) is 3.30. The molecule has 0 aromatic heterocycles. The molecule has 1 rings (SSSR count). The van der Waals surface area contributed by atoms with Gasteiger partial charge in [0.1, 0.15) is 0 Å². The van der Waals surface area contributed by atoms with Gasteiger partial charge in [0.2, 0.25) is 0 Å². The molecule has 0 aromatic rings. The van der Waals surface area contributed by atoms with Gasteiger partial charge in [-0.15, -0.1) is 0 Å². The molecule has 0 N–H and O–H groups in total. The fraction of sp³-hybridized carbons (Fsp3) is 0.500. The largest absolute Gasteiger partial charge is 0.352 e. The Morgan fingerprint density at radius 2 is 2.71 bits per heavy atom. The number of hydrogen-bond donors (Lipinski definition) is 0. The minimum Gasteiger partial charge on any atom is -0.352 e. The van der Waals surface area contributed by atoms with Gasteiger partial charge < -0.3 is 4.90 Å². The van der Waals surface area contributed by atoms with E-state index in [1.807, 2.05) is 18.5 Å². The topological polar surface area (TPSA) is 15.6 Å². The standard InChI is InChI=1S/C4H6BrN2/c1-7-3-2-6-4(7)5/h2H,3H2,1H3. The average molecular weight is 162 g/mol. The first-order valence-corrected chi connectivity index (χ1v) is 2.86. The van der Waals surface area contributed by atoms with E-state index in [9.17, 15) is 0 Å². The van der Waals surface area contributed by atoms with E-state index in [1.54, 1.807) is 0 Å². The lowest BCUT2D eigenvalue weighted by atomic mass is 10.6. The first kappa shape index (κ1) is 5.09. The Morgan fingerprint density at radius 3 is 2.86 bits per heavy atom. The number of hydrogen-bond acceptors (Lipinski definition) is 2. The smallest absolute Gasteiger partial charge is 0.168 e. The first-order valence-electron chi connectivity index (χ1n) is 2.07. The SMILES string of the molecule is CN1C[CH]N=C1Br. The molecule has 1 heterocycles. The molecule has 3 heteroatoms. The van der Waals surface area contributed by atoms with Crippen LogP contribution in [0.5, 0.6) is 0 Å². The number of likely N-dealkylation sites (N-methyl/N-ethyl adjacent to an activating group) is 1. The van der Waals surface area contributed by atoms with Crippen molar-refractivity contribution in [3.05, 3.63) is 6.54 Å². The fourth-order valence-corrected chi connectivity index (χ4v) is 0.702. The number of rotatable bonds is 0. The summed E-state index contributed by atoms with van der Waals surface area (Å²) in [4.78, 5) is 5.97. The molecule has 0 bridgehead atoms. The molecule has 0 unspecified atom stereocenters. The second-order valence-electron chi connectivity index (χ2n) is 1.46. The lowest BCUT2D eigenvalue weighted by molar-refractivity contribution is 0.586. The molecule has 39 valence electrons. The summed E-state index contributed by atoms with van der Waals surface area (Å²) in [5.41, 5.74) is 0. The predicted molar refractivity (Wildman–Crippen MR) is 33.3 cm³/mol. The van der Waals surface area contributed by atoms with E-state index < -0.39 is 0 Å². The van der Waals surface area contributed by atoms with E-state index >= 15 is 0 Å². The van der Waals surface area contributed by atoms with Crippen LogP contribution in [0, 0.1) is 6.54 Å². The Hall–Kier alpha value is -0.0500. The normalized spacial score (nSPS) is 20.3. The molecule has 0 spiro atoms. The summed E-state index contributed by atoms with van der Waals surface area (Å²) in [6, 6.07) is 0. The highest BCUT2D eigenvalue weighted by molar-refractivity contribution is 9.18. The molecule has 7 heavy (non-hydrogen) atoms. The molecule has 1 aliphatic rings. The molecule has 0 aromatic carbocycles. The Bertz CT molecular complexity index is 99.9. The van der Waals surface area contributed by atoms with Crippen LogP contribution in [0.3, 0.4) is 0 Å². The molecule has 1 radical (unpaired) electrons. The zero-order valence-corrected chi connectivity index (χ0v) is 5.64. The van der Waals surface area contributed by atoms with Crippen molar-refractivity contribution in [2.45, 2.75) is 0 Å². The quantitative estimate of drug-likeness (QED) is 0.482. The van der Waals surface area contributed by atoms with Crippen LogP contribution in [0.15, 0.2) is 4.99 Å². The van der Waals surface area contributed by atoms with Crippen molar-refractivity contribution in [1.82, 2.24) is 4.90 Å². The summed E-state index contributed by atoms with van der Waals surface area (Å²) in [7, 11) is 1.98. The molecule has 0 amide bonds. The van der Waals surface area contributed by atoms with E-state index in [4.69, 9.17) is 0 Å². The van der Waals surface area contributed by atoms with Gasteiger partial charge in [0.15, 0.2) is 4.74 Å². The monoisotopic (exact) mass is 161 g/mol. The number of halogens is 1. The third-order valence-electron chi connectivity index (χ3n) is 0.868. The average Bonchev–Trinajstić information content (AvgIpc) is 1.91. The molecule has 0 atom stereocenters. The van der Waals surface area contributed by atoms with Crippen LogP contribution in [-0.2, 0) is 0 Å². The molecule has 2 nitrogen and oxygen atoms in total. The Kier molecular flexibility index (Phi) is 1.32. The van der Waals surface area contributed by atoms with Crippen LogP contribution in [-0.4, -0.2) is 23.2 Å². The van der Waals surface area contributed by atoms with E-state index in [-0.39, 0.29) is 0 Å². The van der Waals surface area contributed by atoms with Crippen molar-refractivity contribution in [2.24, 2.45) is 4.99 Å².